The van der Waals surface area contributed by atoms with Crippen molar-refractivity contribution in [1.82, 2.24) is 41.3 Å². The number of nitrogens with one attached hydrogen (secondary N) is 5. The van der Waals surface area contributed by atoms with Gasteiger partial charge in [0.15, 0.2) is 24.2 Å². The van der Waals surface area contributed by atoms with Crippen LogP contribution in [0.3, 0.4) is 0 Å². The summed E-state index contributed by atoms with van der Waals surface area (Å²) in [6, 6.07) is -14.9. The van der Waals surface area contributed by atoms with Crippen LogP contribution >= 0.6 is 0 Å². The third kappa shape index (κ3) is 18.9. The van der Waals surface area contributed by atoms with E-state index in [4.69, 9.17) is 16.2 Å². The van der Waals surface area contributed by atoms with Gasteiger partial charge in [0, 0.05) is 26.2 Å². The highest BCUT2D eigenvalue weighted by Gasteiger charge is 2.48. The van der Waals surface area contributed by atoms with Crippen LogP contribution in [0.25, 0.3) is 0 Å². The molecule has 0 aliphatic carbocycles. The third-order valence-corrected chi connectivity index (χ3v) is 15.2. The predicted molar refractivity (Wildman–Crippen MR) is 282 cm³/mol. The van der Waals surface area contributed by atoms with Gasteiger partial charge in [-0.3, -0.25) is 43.3 Å². The van der Waals surface area contributed by atoms with Crippen LogP contribution in [0.15, 0.2) is 4.99 Å². The topological polar surface area (TPSA) is 473 Å². The van der Waals surface area contributed by atoms with Gasteiger partial charge in [0.1, 0.15) is 48.4 Å². The van der Waals surface area contributed by atoms with Gasteiger partial charge >= 0.3 is 17.9 Å². The molecule has 4 aliphatic rings. The number of unbranched alkanes of at least 4 members (excludes halogenated alkanes) is 5. The molecule has 8 amide bonds. The number of carboxylic acid groups (broad SMARTS) is 2. The Morgan fingerprint density at radius 2 is 1.22 bits per heavy atom. The average molecular weight is 1150 g/mol. The lowest BCUT2D eigenvalue weighted by atomic mass is 9.99. The number of hydrogen-bond donors (Lipinski definition) is 14. The molecule has 4 heterocycles. The minimum Gasteiger partial charge on any atom is -0.479 e. The second kappa shape index (κ2) is 32.0. The molecule has 4 fully saturated rings. The van der Waals surface area contributed by atoms with E-state index in [0.29, 0.717) is 23.7 Å². The molecule has 0 aromatic heterocycles. The number of carbonyl (C=O) groups is 11. The van der Waals surface area contributed by atoms with Crippen LogP contribution in [-0.2, 0) is 57.5 Å². The van der Waals surface area contributed by atoms with Crippen molar-refractivity contribution in [2.45, 2.75) is 209 Å². The monoisotopic (exact) mass is 1150 g/mol. The fourth-order valence-electron chi connectivity index (χ4n) is 10.4. The molecule has 0 saturated carbocycles. The summed E-state index contributed by atoms with van der Waals surface area (Å²) < 4.78 is 5.66. The van der Waals surface area contributed by atoms with Crippen LogP contribution in [-0.4, -0.2) is 233 Å². The number of aliphatic carboxylic acids is 2. The number of carbonyl (C=O) groups excluding carboxylic acids is 9. The number of esters is 1. The van der Waals surface area contributed by atoms with E-state index in [0.717, 1.165) is 43.4 Å². The summed E-state index contributed by atoms with van der Waals surface area (Å²) in [7, 11) is 0. The van der Waals surface area contributed by atoms with Gasteiger partial charge in [0.2, 0.25) is 47.3 Å². The number of aliphatic hydroxyl groups is 5. The highest BCUT2D eigenvalue weighted by Crippen LogP contribution is 2.27. The summed E-state index contributed by atoms with van der Waals surface area (Å²) in [5, 5.41) is 84.8. The molecule has 30 nitrogen and oxygen atoms in total. The van der Waals surface area contributed by atoms with Crippen molar-refractivity contribution in [2.75, 3.05) is 32.8 Å². The maximum Gasteiger partial charge on any atom is 0.335 e. The van der Waals surface area contributed by atoms with Gasteiger partial charge in [-0.1, -0.05) is 58.8 Å². The molecule has 30 heteroatoms. The molecular formula is C51H83N11O19. The normalized spacial score (nSPS) is 28.5. The number of cyclic esters (lactones) is 1. The standard InChI is InChI=1S/C51H83N11O19/c1-4-26(2)14-9-7-5-6-8-10-15-28-24-34(66)57-35(27(3)64)47(75)61-22-13-18-32(61)46(74)60-21-12-17-31(60)42(70)55-29(16-11-20-54-51(52)53)41(69)58-36(39(67)48(76)77)43(71)56-30(25-63)45(73)62-23-19-33(65)38(62)44(72)59-37(50(80)81-28)40(68)49(78)79/h26-33,35-40,63-65,67-68H,4-25H2,1-3H3,(H,55,70)(H,56,71)(H,57,66)(H,58,69)(H,59,72)(H,76,77)(H,78,79)(H4,52,53,54)/t26-,27+,28+,29-,30-,31-,32+,33-,35+,36+,37-,38-,39+,40-/m0/s1. The van der Waals surface area contributed by atoms with E-state index in [1.54, 1.807) is 0 Å². The number of fused-ring (bicyclic) bond motifs is 3. The summed E-state index contributed by atoms with van der Waals surface area (Å²) in [5.41, 5.74) is 10.9. The van der Waals surface area contributed by atoms with E-state index in [1.165, 1.54) is 11.8 Å². The Kier molecular flexibility index (Phi) is 26.4. The second-order valence-electron chi connectivity index (χ2n) is 21.3. The largest absolute Gasteiger partial charge is 0.479 e. The van der Waals surface area contributed by atoms with Crippen LogP contribution in [0, 0.1) is 5.92 Å². The van der Waals surface area contributed by atoms with E-state index >= 15 is 0 Å². The molecule has 0 aromatic carbocycles. The third-order valence-electron chi connectivity index (χ3n) is 15.2. The highest BCUT2D eigenvalue weighted by molar-refractivity contribution is 6.00. The Morgan fingerprint density at radius 1 is 0.642 bits per heavy atom. The number of nitrogens with zero attached hydrogens (tertiary/aromatic N) is 4. The zero-order valence-electron chi connectivity index (χ0n) is 46.1. The van der Waals surface area contributed by atoms with Gasteiger partial charge in [-0.2, -0.15) is 0 Å². The van der Waals surface area contributed by atoms with Crippen LogP contribution < -0.4 is 38.1 Å². The van der Waals surface area contributed by atoms with Crippen LogP contribution in [0.5, 0.6) is 0 Å². The number of amides is 8. The van der Waals surface area contributed by atoms with Gasteiger partial charge in [-0.15, -0.1) is 0 Å². The van der Waals surface area contributed by atoms with E-state index in [9.17, 15) is 88.5 Å². The first-order valence-electron chi connectivity index (χ1n) is 27.8. The Hall–Kier alpha value is -6.76. The maximum absolute atomic E-state index is 14.5. The summed E-state index contributed by atoms with van der Waals surface area (Å²) >= 11 is 0. The number of aliphatic imine (C=N–C) groups is 1. The quantitative estimate of drug-likeness (QED) is 0.0235. The zero-order chi connectivity index (χ0) is 60.2. The number of carboxylic acids is 2. The summed E-state index contributed by atoms with van der Waals surface area (Å²) in [5.74, 6) is -14.5. The van der Waals surface area contributed by atoms with Gasteiger partial charge in [-0.25, -0.2) is 14.4 Å². The molecule has 456 valence electrons. The minimum absolute atomic E-state index is 0.00861. The average Bonchev–Trinajstić information content (AvgIpc) is 4.23. The molecule has 4 saturated heterocycles. The molecule has 0 radical (unpaired) electrons. The number of rotatable bonds is 20. The summed E-state index contributed by atoms with van der Waals surface area (Å²) in [6.45, 7) is 3.60. The molecule has 16 N–H and O–H groups in total. The van der Waals surface area contributed by atoms with Gasteiger partial charge < -0.3 is 93.2 Å². The van der Waals surface area contributed by atoms with Gasteiger partial charge in [0.05, 0.1) is 25.2 Å². The van der Waals surface area contributed by atoms with Gasteiger partial charge in [0.25, 0.3) is 0 Å². The number of hydrogen-bond acceptors (Lipinski definition) is 18. The van der Waals surface area contributed by atoms with Crippen LogP contribution in [0.4, 0.5) is 0 Å². The lowest BCUT2D eigenvalue weighted by molar-refractivity contribution is -0.165. The molecule has 0 bridgehead atoms. The van der Waals surface area contributed by atoms with Crippen molar-refractivity contribution in [1.29, 1.82) is 0 Å². The summed E-state index contributed by atoms with van der Waals surface area (Å²) in [6.07, 6.45) is -4.36. The van der Waals surface area contributed by atoms with Crippen LogP contribution in [0.2, 0.25) is 0 Å². The molecule has 4 rings (SSSR count). The lowest BCUT2D eigenvalue weighted by Crippen LogP contribution is -2.64. The second-order valence-corrected chi connectivity index (χ2v) is 21.3. The SMILES string of the molecule is CC[C@H](C)CCCCCCCC[C@@H]1CC(=O)N[C@H]([C@@H](C)O)C(=O)N2CCC[C@@H]2C(=O)N2CCC[C@H]2C(=O)N[C@@H](CCCN=C(N)N)C(=O)N[C@H]([C@@H](O)C(=O)O)C(=O)N[C@@H](CO)C(=O)N2CC[C@H](O)[C@H]2C(=O)N[C@@H]([C@H](O)C(=O)O)C(=O)O1. The van der Waals surface area contributed by atoms with Crippen molar-refractivity contribution in [3.8, 4) is 0 Å². The Balaban J connectivity index is 1.78. The smallest absolute Gasteiger partial charge is 0.335 e. The number of guanidine groups is 1. The first-order valence-corrected chi connectivity index (χ1v) is 27.8. The van der Waals surface area contributed by atoms with Crippen LogP contribution in [0.1, 0.15) is 130 Å². The Bertz CT molecular complexity index is 2270. The predicted octanol–water partition coefficient (Wildman–Crippen LogP) is -4.85. The van der Waals surface area contributed by atoms with E-state index in [-0.39, 0.29) is 77.0 Å². The molecule has 4 aliphatic heterocycles. The van der Waals surface area contributed by atoms with E-state index < -0.39 is 164 Å². The van der Waals surface area contributed by atoms with Crippen molar-refractivity contribution in [3.63, 3.8) is 0 Å². The van der Waals surface area contributed by atoms with Gasteiger partial charge in [-0.05, 0) is 70.6 Å². The first kappa shape index (κ1) is 66.7. The molecule has 0 aromatic rings. The Morgan fingerprint density at radius 3 is 1.83 bits per heavy atom. The molecule has 81 heavy (non-hydrogen) atoms. The summed E-state index contributed by atoms with van der Waals surface area (Å²) in [4.78, 5) is 158. The van der Waals surface area contributed by atoms with E-state index in [2.05, 4.69) is 34.8 Å². The molecule has 14 atom stereocenters. The molecular weight excluding hydrogens is 1070 g/mol. The van der Waals surface area contributed by atoms with Crippen molar-refractivity contribution >= 4 is 71.1 Å². The highest BCUT2D eigenvalue weighted by atomic mass is 16.5. The Labute approximate surface area is 468 Å². The van der Waals surface area contributed by atoms with Crippen molar-refractivity contribution in [2.24, 2.45) is 22.4 Å². The number of nitrogens with two attached hydrogens (primary N) is 2. The number of ether oxygens (including phenoxy) is 1. The number of aliphatic hydroxyl groups excluding tert-OH is 5. The van der Waals surface area contributed by atoms with Crippen molar-refractivity contribution < 1.29 is 93.2 Å². The van der Waals surface area contributed by atoms with Crippen molar-refractivity contribution in [3.05, 3.63) is 0 Å². The fourth-order valence-corrected chi connectivity index (χ4v) is 10.4. The molecule has 0 spiro atoms. The lowest BCUT2D eigenvalue weighted by Gasteiger charge is -2.34. The zero-order valence-corrected chi connectivity index (χ0v) is 46.1. The first-order chi connectivity index (χ1) is 38.3. The fraction of sp³-hybridized carbons (Fsp3) is 0.765. The molecule has 0 unspecified atom stereocenters. The maximum atomic E-state index is 14.5. The minimum atomic E-state index is -2.76. The van der Waals surface area contributed by atoms with E-state index in [1.807, 2.05) is 10.6 Å².